The number of carbonyl (C=O) groups is 1. The Hall–Kier alpha value is -1.54. The molecular weight excluding hydrogens is 370 g/mol. The summed E-state index contributed by atoms with van der Waals surface area (Å²) >= 11 is 0. The first-order valence-corrected chi connectivity index (χ1v) is 10.9. The molecule has 170 valence electrons. The van der Waals surface area contributed by atoms with Gasteiger partial charge in [0.1, 0.15) is 5.60 Å². The average Bonchev–Trinajstić information content (AvgIpc) is 2.68. The zero-order valence-corrected chi connectivity index (χ0v) is 19.6. The minimum atomic E-state index is -0.513. The van der Waals surface area contributed by atoms with Gasteiger partial charge < -0.3 is 30.3 Å². The maximum absolute atomic E-state index is 12.3. The molecule has 0 aromatic heterocycles. The number of nitrogens with one attached hydrogen (secondary N) is 3. The van der Waals surface area contributed by atoms with Gasteiger partial charge in [0, 0.05) is 46.4 Å². The molecule has 8 nitrogen and oxygen atoms in total. The third-order valence-electron chi connectivity index (χ3n) is 5.48. The van der Waals surface area contributed by atoms with Crippen molar-refractivity contribution in [2.45, 2.75) is 77.5 Å². The molecule has 1 saturated heterocycles. The van der Waals surface area contributed by atoms with Gasteiger partial charge in [0.05, 0.1) is 12.1 Å². The van der Waals surface area contributed by atoms with E-state index in [0.717, 1.165) is 57.9 Å². The Morgan fingerprint density at radius 3 is 2.28 bits per heavy atom. The number of hydrogen-bond donors (Lipinski definition) is 3. The molecule has 1 aliphatic rings. The van der Waals surface area contributed by atoms with Crippen molar-refractivity contribution in [3.05, 3.63) is 0 Å². The van der Waals surface area contributed by atoms with Gasteiger partial charge in [-0.25, -0.2) is 4.79 Å². The van der Waals surface area contributed by atoms with Gasteiger partial charge in [-0.05, 0) is 46.5 Å². The molecule has 0 bridgehead atoms. The predicted octanol–water partition coefficient (Wildman–Crippen LogP) is 2.35. The Balaban J connectivity index is 2.54. The van der Waals surface area contributed by atoms with Crippen molar-refractivity contribution >= 4 is 12.1 Å². The van der Waals surface area contributed by atoms with E-state index < -0.39 is 5.60 Å². The van der Waals surface area contributed by atoms with Gasteiger partial charge in [-0.1, -0.05) is 13.8 Å². The lowest BCUT2D eigenvalue weighted by Gasteiger charge is -2.36. The Morgan fingerprint density at radius 2 is 1.79 bits per heavy atom. The van der Waals surface area contributed by atoms with Crippen molar-refractivity contribution < 1.29 is 14.3 Å². The van der Waals surface area contributed by atoms with E-state index in [1.807, 2.05) is 20.8 Å². The zero-order chi connectivity index (χ0) is 21.9. The molecule has 0 saturated carbocycles. The van der Waals surface area contributed by atoms with Crippen LogP contribution in [0.5, 0.6) is 0 Å². The SMILES string of the molecule is CCC(CC)(CNC(=NC)NC1CCN(CCOC)CC1)NC(=O)OC(C)(C)C. The number of likely N-dealkylation sites (tertiary alicyclic amines) is 1. The molecule has 0 aliphatic carbocycles. The number of hydrogen-bond acceptors (Lipinski definition) is 5. The molecule has 29 heavy (non-hydrogen) atoms. The molecule has 1 amide bonds. The van der Waals surface area contributed by atoms with Crippen LogP contribution >= 0.6 is 0 Å². The predicted molar refractivity (Wildman–Crippen MR) is 119 cm³/mol. The van der Waals surface area contributed by atoms with E-state index in [-0.39, 0.29) is 11.6 Å². The fourth-order valence-electron chi connectivity index (χ4n) is 3.40. The molecule has 1 fully saturated rings. The molecule has 3 N–H and O–H groups in total. The average molecular weight is 414 g/mol. The standard InChI is InChI=1S/C21H43N5O3/c1-8-21(9-2,25-19(27)29-20(3,4)5)16-23-18(22-6)24-17-10-12-26(13-11-17)14-15-28-7/h17H,8-16H2,1-7H3,(H,25,27)(H2,22,23,24). The quantitative estimate of drug-likeness (QED) is 0.397. The largest absolute Gasteiger partial charge is 0.444 e. The highest BCUT2D eigenvalue weighted by Crippen LogP contribution is 2.16. The van der Waals surface area contributed by atoms with E-state index in [2.05, 4.69) is 39.7 Å². The van der Waals surface area contributed by atoms with Gasteiger partial charge in [-0.15, -0.1) is 0 Å². The van der Waals surface area contributed by atoms with E-state index in [1.54, 1.807) is 14.2 Å². The van der Waals surface area contributed by atoms with Gasteiger partial charge in [0.2, 0.25) is 0 Å². The van der Waals surface area contributed by atoms with E-state index in [1.165, 1.54) is 0 Å². The first-order chi connectivity index (χ1) is 13.7. The molecule has 0 aromatic rings. The van der Waals surface area contributed by atoms with E-state index in [9.17, 15) is 4.79 Å². The first kappa shape index (κ1) is 25.5. The number of piperidine rings is 1. The minimum absolute atomic E-state index is 0.380. The minimum Gasteiger partial charge on any atom is -0.444 e. The molecule has 0 aromatic carbocycles. The molecule has 0 radical (unpaired) electrons. The highest BCUT2D eigenvalue weighted by atomic mass is 16.6. The number of nitrogens with zero attached hydrogens (tertiary/aromatic N) is 2. The van der Waals surface area contributed by atoms with Gasteiger partial charge >= 0.3 is 6.09 Å². The van der Waals surface area contributed by atoms with Crippen molar-refractivity contribution in [3.8, 4) is 0 Å². The second-order valence-corrected chi connectivity index (χ2v) is 8.79. The van der Waals surface area contributed by atoms with Crippen LogP contribution in [0.25, 0.3) is 0 Å². The summed E-state index contributed by atoms with van der Waals surface area (Å²) in [4.78, 5) is 19.1. The van der Waals surface area contributed by atoms with Crippen LogP contribution in [-0.4, -0.2) is 81.1 Å². The normalized spacial score (nSPS) is 17.1. The Bertz CT molecular complexity index is 507. The summed E-state index contributed by atoms with van der Waals surface area (Å²) in [5.41, 5.74) is -0.899. The van der Waals surface area contributed by atoms with E-state index in [4.69, 9.17) is 9.47 Å². The maximum atomic E-state index is 12.3. The maximum Gasteiger partial charge on any atom is 0.408 e. The summed E-state index contributed by atoms with van der Waals surface area (Å²) < 4.78 is 10.6. The van der Waals surface area contributed by atoms with Crippen LogP contribution < -0.4 is 16.0 Å². The van der Waals surface area contributed by atoms with E-state index in [0.29, 0.717) is 12.6 Å². The Kier molecular flexibility index (Phi) is 10.7. The van der Waals surface area contributed by atoms with Crippen molar-refractivity contribution in [2.24, 2.45) is 4.99 Å². The topological polar surface area (TPSA) is 87.2 Å². The first-order valence-electron chi connectivity index (χ1n) is 10.9. The highest BCUT2D eigenvalue weighted by Gasteiger charge is 2.31. The third kappa shape index (κ3) is 9.67. The fourth-order valence-corrected chi connectivity index (χ4v) is 3.40. The smallest absolute Gasteiger partial charge is 0.408 e. The number of guanidine groups is 1. The summed E-state index contributed by atoms with van der Waals surface area (Å²) in [6.07, 6.45) is 3.37. The summed E-state index contributed by atoms with van der Waals surface area (Å²) in [6.45, 7) is 14.3. The Morgan fingerprint density at radius 1 is 1.17 bits per heavy atom. The van der Waals surface area contributed by atoms with Gasteiger partial charge in [-0.2, -0.15) is 0 Å². The number of aliphatic imine (C=N–C) groups is 1. The number of rotatable bonds is 9. The Labute approximate surface area is 177 Å². The zero-order valence-electron chi connectivity index (χ0n) is 19.6. The summed E-state index contributed by atoms with van der Waals surface area (Å²) in [7, 11) is 3.53. The molecule has 1 rings (SSSR count). The third-order valence-corrected chi connectivity index (χ3v) is 5.48. The lowest BCUT2D eigenvalue weighted by Crippen LogP contribution is -2.58. The van der Waals surface area contributed by atoms with Gasteiger partial charge in [0.15, 0.2) is 5.96 Å². The number of amides is 1. The molecule has 1 heterocycles. The highest BCUT2D eigenvalue weighted by molar-refractivity contribution is 5.80. The second kappa shape index (κ2) is 12.2. The molecular formula is C21H43N5O3. The summed E-state index contributed by atoms with van der Waals surface area (Å²) in [5.74, 6) is 0.776. The number of carbonyl (C=O) groups excluding carboxylic acids is 1. The molecule has 8 heteroatoms. The van der Waals surface area contributed by atoms with Crippen molar-refractivity contribution in [3.63, 3.8) is 0 Å². The monoisotopic (exact) mass is 413 g/mol. The lowest BCUT2D eigenvalue weighted by atomic mass is 9.93. The second-order valence-electron chi connectivity index (χ2n) is 8.79. The van der Waals surface area contributed by atoms with Crippen LogP contribution in [0.4, 0.5) is 4.79 Å². The number of alkyl carbamates (subject to hydrolysis) is 1. The van der Waals surface area contributed by atoms with Crippen LogP contribution in [0.1, 0.15) is 60.3 Å². The van der Waals surface area contributed by atoms with Crippen molar-refractivity contribution in [1.82, 2.24) is 20.9 Å². The van der Waals surface area contributed by atoms with E-state index >= 15 is 0 Å². The van der Waals surface area contributed by atoms with Gasteiger partial charge in [-0.3, -0.25) is 4.99 Å². The summed E-state index contributed by atoms with van der Waals surface area (Å²) in [5, 5.41) is 10.0. The van der Waals surface area contributed by atoms with Crippen LogP contribution in [-0.2, 0) is 9.47 Å². The molecule has 0 spiro atoms. The van der Waals surface area contributed by atoms with Crippen LogP contribution in [0.3, 0.4) is 0 Å². The van der Waals surface area contributed by atoms with Crippen molar-refractivity contribution in [2.75, 3.05) is 46.9 Å². The van der Waals surface area contributed by atoms with Crippen molar-refractivity contribution in [1.29, 1.82) is 0 Å². The number of methoxy groups -OCH3 is 1. The molecule has 1 aliphatic heterocycles. The molecule has 0 unspecified atom stereocenters. The number of ether oxygens (including phenoxy) is 2. The lowest BCUT2D eigenvalue weighted by molar-refractivity contribution is 0.0448. The van der Waals surface area contributed by atoms with Crippen LogP contribution in [0.15, 0.2) is 4.99 Å². The van der Waals surface area contributed by atoms with Gasteiger partial charge in [0.25, 0.3) is 0 Å². The molecule has 0 atom stereocenters. The fraction of sp³-hybridized carbons (Fsp3) is 0.905. The van der Waals surface area contributed by atoms with Crippen LogP contribution in [0.2, 0.25) is 0 Å². The van der Waals surface area contributed by atoms with Crippen LogP contribution in [0, 0.1) is 0 Å². The summed E-state index contributed by atoms with van der Waals surface area (Å²) in [6, 6.07) is 0.400.